The summed E-state index contributed by atoms with van der Waals surface area (Å²) >= 11 is 1.93. The second kappa shape index (κ2) is 7.29. The van der Waals surface area contributed by atoms with E-state index in [1.807, 2.05) is 40.8 Å². The first-order valence-corrected chi connectivity index (χ1v) is 8.14. The molecule has 2 rings (SSSR count). The van der Waals surface area contributed by atoms with Crippen LogP contribution in [-0.4, -0.2) is 18.0 Å². The predicted octanol–water partition coefficient (Wildman–Crippen LogP) is 4.33. The second-order valence-corrected chi connectivity index (χ2v) is 6.42. The van der Waals surface area contributed by atoms with Gasteiger partial charge in [-0.1, -0.05) is 31.7 Å². The van der Waals surface area contributed by atoms with E-state index in [4.69, 9.17) is 9.47 Å². The molecule has 0 radical (unpaired) electrons. The summed E-state index contributed by atoms with van der Waals surface area (Å²) in [5.41, 5.74) is 1.04. The SMILES string of the molecule is COc1ccc(C(CC2CCCC2)C(=O)I)cc1OC. The van der Waals surface area contributed by atoms with E-state index in [9.17, 15) is 4.79 Å². The van der Waals surface area contributed by atoms with Gasteiger partial charge in [0.1, 0.15) is 0 Å². The summed E-state index contributed by atoms with van der Waals surface area (Å²) < 4.78 is 10.8. The topological polar surface area (TPSA) is 35.5 Å². The maximum Gasteiger partial charge on any atom is 0.199 e. The van der Waals surface area contributed by atoms with Gasteiger partial charge in [-0.2, -0.15) is 0 Å². The van der Waals surface area contributed by atoms with Gasteiger partial charge in [-0.25, -0.2) is 0 Å². The van der Waals surface area contributed by atoms with Crippen LogP contribution in [0.15, 0.2) is 18.2 Å². The van der Waals surface area contributed by atoms with Crippen LogP contribution in [-0.2, 0) is 4.79 Å². The van der Waals surface area contributed by atoms with Crippen LogP contribution >= 0.6 is 22.6 Å². The van der Waals surface area contributed by atoms with Crippen molar-refractivity contribution in [2.75, 3.05) is 14.2 Å². The number of hydrogen-bond acceptors (Lipinski definition) is 3. The van der Waals surface area contributed by atoms with Gasteiger partial charge in [0.05, 0.1) is 20.1 Å². The minimum absolute atomic E-state index is 0.0292. The summed E-state index contributed by atoms with van der Waals surface area (Å²) in [4.78, 5) is 12.0. The van der Waals surface area contributed by atoms with Crippen molar-refractivity contribution in [3.63, 3.8) is 0 Å². The maximum absolute atomic E-state index is 12.0. The van der Waals surface area contributed by atoms with Gasteiger partial charge in [0.25, 0.3) is 0 Å². The number of ether oxygens (including phenoxy) is 2. The average molecular weight is 388 g/mol. The zero-order valence-corrected chi connectivity index (χ0v) is 14.2. The average Bonchev–Trinajstić information content (AvgIpc) is 2.96. The molecule has 0 heterocycles. The number of carbonyl (C=O) groups is 1. The first-order valence-electron chi connectivity index (χ1n) is 7.07. The molecule has 1 atom stereocenters. The molecule has 110 valence electrons. The molecule has 1 aromatic rings. The molecular formula is C16H21IO3. The van der Waals surface area contributed by atoms with E-state index in [0.717, 1.165) is 12.0 Å². The molecule has 0 aromatic heterocycles. The highest BCUT2D eigenvalue weighted by Crippen LogP contribution is 2.38. The second-order valence-electron chi connectivity index (χ2n) is 5.36. The number of halogens is 1. The molecule has 1 saturated carbocycles. The van der Waals surface area contributed by atoms with E-state index in [2.05, 4.69) is 0 Å². The maximum atomic E-state index is 12.0. The van der Waals surface area contributed by atoms with Crippen LogP contribution in [0.3, 0.4) is 0 Å². The molecule has 20 heavy (non-hydrogen) atoms. The molecule has 4 heteroatoms. The van der Waals surface area contributed by atoms with Crippen molar-refractivity contribution in [2.45, 2.75) is 38.0 Å². The third kappa shape index (κ3) is 3.65. The molecule has 1 aromatic carbocycles. The van der Waals surface area contributed by atoms with E-state index in [1.54, 1.807) is 14.2 Å². The predicted molar refractivity (Wildman–Crippen MR) is 87.9 cm³/mol. The molecule has 0 aliphatic heterocycles. The molecule has 1 fully saturated rings. The van der Waals surface area contributed by atoms with Gasteiger partial charge >= 0.3 is 0 Å². The Labute approximate surface area is 134 Å². The van der Waals surface area contributed by atoms with Gasteiger partial charge in [0.15, 0.2) is 15.3 Å². The van der Waals surface area contributed by atoms with Crippen LogP contribution in [0.4, 0.5) is 0 Å². The van der Waals surface area contributed by atoms with Crippen molar-refractivity contribution in [1.82, 2.24) is 0 Å². The minimum Gasteiger partial charge on any atom is -0.493 e. The Kier molecular flexibility index (Phi) is 5.69. The Bertz CT molecular complexity index is 467. The Balaban J connectivity index is 2.22. The molecule has 0 spiro atoms. The van der Waals surface area contributed by atoms with Crippen LogP contribution in [0.2, 0.25) is 0 Å². The lowest BCUT2D eigenvalue weighted by Gasteiger charge is -2.19. The van der Waals surface area contributed by atoms with Gasteiger partial charge < -0.3 is 9.47 Å². The summed E-state index contributed by atoms with van der Waals surface area (Å²) in [6, 6.07) is 5.81. The number of hydrogen-bond donors (Lipinski definition) is 0. The molecule has 3 nitrogen and oxygen atoms in total. The minimum atomic E-state index is -0.0292. The molecule has 1 aliphatic rings. The van der Waals surface area contributed by atoms with E-state index in [0.29, 0.717) is 17.4 Å². The molecule has 0 N–H and O–H groups in total. The lowest BCUT2D eigenvalue weighted by Crippen LogP contribution is -2.11. The smallest absolute Gasteiger partial charge is 0.199 e. The number of methoxy groups -OCH3 is 2. The van der Waals surface area contributed by atoms with Crippen LogP contribution < -0.4 is 9.47 Å². The van der Waals surface area contributed by atoms with E-state index in [-0.39, 0.29) is 9.71 Å². The highest BCUT2D eigenvalue weighted by Gasteiger charge is 2.26. The van der Waals surface area contributed by atoms with Gasteiger partial charge in [-0.15, -0.1) is 0 Å². The number of rotatable bonds is 6. The van der Waals surface area contributed by atoms with Crippen LogP contribution in [0.25, 0.3) is 0 Å². The summed E-state index contributed by atoms with van der Waals surface area (Å²) in [5, 5.41) is 0. The van der Waals surface area contributed by atoms with Crippen molar-refractivity contribution in [2.24, 2.45) is 5.92 Å². The molecule has 1 unspecified atom stereocenters. The molecule has 0 bridgehead atoms. The third-order valence-electron chi connectivity index (χ3n) is 4.13. The summed E-state index contributed by atoms with van der Waals surface area (Å²) in [7, 11) is 3.25. The van der Waals surface area contributed by atoms with Crippen molar-refractivity contribution >= 4 is 26.4 Å². The highest BCUT2D eigenvalue weighted by atomic mass is 127. The Morgan fingerprint density at radius 3 is 2.45 bits per heavy atom. The zero-order chi connectivity index (χ0) is 14.5. The Morgan fingerprint density at radius 1 is 1.25 bits per heavy atom. The van der Waals surface area contributed by atoms with E-state index < -0.39 is 0 Å². The summed E-state index contributed by atoms with van der Waals surface area (Å²) in [6.45, 7) is 0. The van der Waals surface area contributed by atoms with Crippen molar-refractivity contribution in [3.05, 3.63) is 23.8 Å². The van der Waals surface area contributed by atoms with Gasteiger partial charge in [-0.05, 0) is 30.0 Å². The number of carbonyl (C=O) groups excluding carboxylic acids is 1. The van der Waals surface area contributed by atoms with Crippen LogP contribution in [0.5, 0.6) is 11.5 Å². The van der Waals surface area contributed by atoms with Crippen LogP contribution in [0.1, 0.15) is 43.6 Å². The largest absolute Gasteiger partial charge is 0.493 e. The number of benzene rings is 1. The summed E-state index contributed by atoms with van der Waals surface area (Å²) in [5.74, 6) is 2.06. The van der Waals surface area contributed by atoms with Gasteiger partial charge in [0.2, 0.25) is 0 Å². The molecule has 0 saturated heterocycles. The first-order chi connectivity index (χ1) is 9.65. The molecule has 0 amide bonds. The highest BCUT2D eigenvalue weighted by molar-refractivity contribution is 14.1. The van der Waals surface area contributed by atoms with Crippen molar-refractivity contribution < 1.29 is 14.3 Å². The van der Waals surface area contributed by atoms with E-state index >= 15 is 0 Å². The monoisotopic (exact) mass is 388 g/mol. The standard InChI is InChI=1S/C16H21IO3/c1-19-14-8-7-12(10-15(14)20-2)13(16(17)18)9-11-5-3-4-6-11/h7-8,10-11,13H,3-6,9H2,1-2H3. The Morgan fingerprint density at radius 2 is 1.90 bits per heavy atom. The fourth-order valence-electron chi connectivity index (χ4n) is 3.01. The van der Waals surface area contributed by atoms with Crippen LogP contribution in [0, 0.1) is 5.92 Å². The van der Waals surface area contributed by atoms with Crippen molar-refractivity contribution in [3.8, 4) is 11.5 Å². The molecule has 1 aliphatic carbocycles. The quantitative estimate of drug-likeness (QED) is 0.538. The van der Waals surface area contributed by atoms with E-state index in [1.165, 1.54) is 25.7 Å². The zero-order valence-electron chi connectivity index (χ0n) is 12.0. The summed E-state index contributed by atoms with van der Waals surface area (Å²) in [6.07, 6.45) is 6.08. The van der Waals surface area contributed by atoms with Crippen molar-refractivity contribution in [1.29, 1.82) is 0 Å². The Hall–Kier alpha value is -0.780. The third-order valence-corrected chi connectivity index (χ3v) is 4.88. The normalized spacial score (nSPS) is 16.9. The fraction of sp³-hybridized carbons (Fsp3) is 0.562. The van der Waals surface area contributed by atoms with Gasteiger partial charge in [0, 0.05) is 22.6 Å². The van der Waals surface area contributed by atoms with Gasteiger partial charge in [-0.3, -0.25) is 4.79 Å². The lowest BCUT2D eigenvalue weighted by molar-refractivity contribution is -0.111. The first kappa shape index (κ1) is 15.6. The fourth-order valence-corrected chi connectivity index (χ4v) is 3.62. The lowest BCUT2D eigenvalue weighted by atomic mass is 9.89. The molecular weight excluding hydrogens is 367 g/mol.